The van der Waals surface area contributed by atoms with E-state index in [0.29, 0.717) is 13.1 Å². The van der Waals surface area contributed by atoms with Crippen LogP contribution >= 0.6 is 0 Å². The highest BCUT2D eigenvalue weighted by Gasteiger charge is 2.45. The predicted molar refractivity (Wildman–Crippen MR) is 66.3 cm³/mol. The van der Waals surface area contributed by atoms with Gasteiger partial charge in [0.2, 0.25) is 11.8 Å². The molecule has 0 unspecified atom stereocenters. The molecule has 0 radical (unpaired) electrons. The number of carbonyl (C=O) groups is 2. The van der Waals surface area contributed by atoms with Gasteiger partial charge >= 0.3 is 0 Å². The molecule has 0 atom stereocenters. The zero-order chi connectivity index (χ0) is 13.1. The summed E-state index contributed by atoms with van der Waals surface area (Å²) in [5, 5.41) is 0. The monoisotopic (exact) mass is 241 g/mol. The molecule has 0 bridgehead atoms. The summed E-state index contributed by atoms with van der Waals surface area (Å²) >= 11 is 0. The summed E-state index contributed by atoms with van der Waals surface area (Å²) in [4.78, 5) is 27.1. The quantitative estimate of drug-likeness (QED) is 0.739. The minimum Gasteiger partial charge on any atom is -0.347 e. The maximum atomic E-state index is 12.3. The van der Waals surface area contributed by atoms with E-state index in [4.69, 9.17) is 5.73 Å². The van der Waals surface area contributed by atoms with Crippen LogP contribution in [-0.2, 0) is 9.59 Å². The maximum absolute atomic E-state index is 12.3. The minimum atomic E-state index is -0.386. The first kappa shape index (κ1) is 14.0. The number of nitrogens with two attached hydrogens (primary N) is 1. The molecule has 0 spiro atoms. The summed E-state index contributed by atoms with van der Waals surface area (Å²) in [5.74, 6) is -0.00403. The van der Waals surface area contributed by atoms with Crippen LogP contribution in [-0.4, -0.2) is 55.3 Å². The molecule has 0 heterocycles. The van der Waals surface area contributed by atoms with Crippen LogP contribution in [0.2, 0.25) is 0 Å². The summed E-state index contributed by atoms with van der Waals surface area (Å²) in [6, 6.07) is 0. The van der Waals surface area contributed by atoms with Gasteiger partial charge < -0.3 is 15.5 Å². The standard InChI is InChI=1S/C12H23N3O2/c1-4-15(8-10(16)14(2)3)11(17)12(9-13)6-5-7-12/h4-9,13H2,1-3H3. The normalized spacial score (nSPS) is 17.2. The van der Waals surface area contributed by atoms with Crippen molar-refractivity contribution in [2.45, 2.75) is 26.2 Å². The second kappa shape index (κ2) is 5.49. The summed E-state index contributed by atoms with van der Waals surface area (Å²) < 4.78 is 0. The molecule has 5 heteroatoms. The maximum Gasteiger partial charge on any atom is 0.241 e. The van der Waals surface area contributed by atoms with E-state index in [9.17, 15) is 9.59 Å². The number of nitrogens with zero attached hydrogens (tertiary/aromatic N) is 2. The zero-order valence-electron chi connectivity index (χ0n) is 11.0. The van der Waals surface area contributed by atoms with E-state index in [0.717, 1.165) is 19.3 Å². The van der Waals surface area contributed by atoms with Crippen molar-refractivity contribution < 1.29 is 9.59 Å². The van der Waals surface area contributed by atoms with Crippen LogP contribution in [0.4, 0.5) is 0 Å². The molecule has 0 saturated heterocycles. The van der Waals surface area contributed by atoms with Gasteiger partial charge in [-0.2, -0.15) is 0 Å². The van der Waals surface area contributed by atoms with Crippen molar-refractivity contribution in [2.24, 2.45) is 11.1 Å². The van der Waals surface area contributed by atoms with E-state index < -0.39 is 0 Å². The summed E-state index contributed by atoms with van der Waals surface area (Å²) in [6.45, 7) is 2.99. The third-order valence-electron chi connectivity index (χ3n) is 3.65. The molecular formula is C12H23N3O2. The SMILES string of the molecule is CCN(CC(=O)N(C)C)C(=O)C1(CN)CCC1. The smallest absolute Gasteiger partial charge is 0.241 e. The average molecular weight is 241 g/mol. The van der Waals surface area contributed by atoms with Gasteiger partial charge in [-0.3, -0.25) is 9.59 Å². The third kappa shape index (κ3) is 2.77. The highest BCUT2D eigenvalue weighted by atomic mass is 16.2. The van der Waals surface area contributed by atoms with Crippen molar-refractivity contribution in [3.63, 3.8) is 0 Å². The topological polar surface area (TPSA) is 66.6 Å². The fraction of sp³-hybridized carbons (Fsp3) is 0.833. The molecule has 98 valence electrons. The molecule has 2 amide bonds. The van der Waals surface area contributed by atoms with Crippen molar-refractivity contribution in [2.75, 3.05) is 33.7 Å². The lowest BCUT2D eigenvalue weighted by Gasteiger charge is -2.42. The predicted octanol–water partition coefficient (Wildman–Crippen LogP) is 0.0521. The van der Waals surface area contributed by atoms with E-state index >= 15 is 0 Å². The highest BCUT2D eigenvalue weighted by molar-refractivity contribution is 5.88. The lowest BCUT2D eigenvalue weighted by atomic mass is 9.68. The Kier molecular flexibility index (Phi) is 4.51. The first-order valence-electron chi connectivity index (χ1n) is 6.16. The van der Waals surface area contributed by atoms with Crippen molar-refractivity contribution in [1.29, 1.82) is 0 Å². The Balaban J connectivity index is 2.67. The van der Waals surface area contributed by atoms with E-state index in [1.165, 1.54) is 4.90 Å². The van der Waals surface area contributed by atoms with Crippen LogP contribution in [0.5, 0.6) is 0 Å². The van der Waals surface area contributed by atoms with Gasteiger partial charge in [-0.15, -0.1) is 0 Å². The Morgan fingerprint density at radius 2 is 1.88 bits per heavy atom. The highest BCUT2D eigenvalue weighted by Crippen LogP contribution is 2.41. The van der Waals surface area contributed by atoms with E-state index in [1.807, 2.05) is 6.92 Å². The van der Waals surface area contributed by atoms with Gasteiger partial charge in [-0.1, -0.05) is 6.42 Å². The first-order valence-corrected chi connectivity index (χ1v) is 6.16. The van der Waals surface area contributed by atoms with Gasteiger partial charge in [-0.05, 0) is 19.8 Å². The van der Waals surface area contributed by atoms with Crippen molar-refractivity contribution >= 4 is 11.8 Å². The molecule has 2 N–H and O–H groups in total. The first-order chi connectivity index (χ1) is 7.96. The molecule has 0 aliphatic heterocycles. The van der Waals surface area contributed by atoms with Crippen LogP contribution in [0.25, 0.3) is 0 Å². The van der Waals surface area contributed by atoms with Gasteiger partial charge in [0.1, 0.15) is 0 Å². The minimum absolute atomic E-state index is 0.0453. The number of rotatable bonds is 5. The number of hydrogen-bond donors (Lipinski definition) is 1. The van der Waals surface area contributed by atoms with Crippen LogP contribution in [0.1, 0.15) is 26.2 Å². The van der Waals surface area contributed by atoms with E-state index in [1.54, 1.807) is 19.0 Å². The van der Waals surface area contributed by atoms with Crippen molar-refractivity contribution in [3.8, 4) is 0 Å². The number of likely N-dealkylation sites (N-methyl/N-ethyl adjacent to an activating group) is 2. The van der Waals surface area contributed by atoms with Gasteiger partial charge in [0.15, 0.2) is 0 Å². The van der Waals surface area contributed by atoms with Gasteiger partial charge in [-0.25, -0.2) is 0 Å². The second-order valence-electron chi connectivity index (χ2n) is 4.95. The Hall–Kier alpha value is -1.10. The summed E-state index contributed by atoms with van der Waals surface area (Å²) in [6.07, 6.45) is 2.77. The number of carbonyl (C=O) groups excluding carboxylic acids is 2. The lowest BCUT2D eigenvalue weighted by Crippen LogP contribution is -2.53. The van der Waals surface area contributed by atoms with Crippen LogP contribution in [0.3, 0.4) is 0 Å². The second-order valence-corrected chi connectivity index (χ2v) is 4.95. The van der Waals surface area contributed by atoms with Gasteiger partial charge in [0.05, 0.1) is 12.0 Å². The molecule has 1 saturated carbocycles. The van der Waals surface area contributed by atoms with Crippen LogP contribution in [0.15, 0.2) is 0 Å². The third-order valence-corrected chi connectivity index (χ3v) is 3.65. The van der Waals surface area contributed by atoms with E-state index in [-0.39, 0.29) is 23.8 Å². The molecule has 0 aromatic rings. The molecule has 1 aliphatic rings. The summed E-state index contributed by atoms with van der Waals surface area (Å²) in [5.41, 5.74) is 5.32. The van der Waals surface area contributed by atoms with Gasteiger partial charge in [0.25, 0.3) is 0 Å². The molecule has 0 aromatic heterocycles. The lowest BCUT2D eigenvalue weighted by molar-refractivity contribution is -0.150. The average Bonchev–Trinajstić information content (AvgIpc) is 2.24. The molecule has 1 aliphatic carbocycles. The molecule has 5 nitrogen and oxygen atoms in total. The number of hydrogen-bond acceptors (Lipinski definition) is 3. The van der Waals surface area contributed by atoms with Crippen LogP contribution < -0.4 is 5.73 Å². The molecule has 0 aromatic carbocycles. The zero-order valence-corrected chi connectivity index (χ0v) is 11.0. The molecular weight excluding hydrogens is 218 g/mol. The Morgan fingerprint density at radius 1 is 1.29 bits per heavy atom. The van der Waals surface area contributed by atoms with Crippen molar-refractivity contribution in [1.82, 2.24) is 9.80 Å². The molecule has 1 fully saturated rings. The Bertz CT molecular complexity index is 293. The Morgan fingerprint density at radius 3 is 2.18 bits per heavy atom. The molecule has 1 rings (SSSR count). The largest absolute Gasteiger partial charge is 0.347 e. The van der Waals surface area contributed by atoms with Crippen molar-refractivity contribution in [3.05, 3.63) is 0 Å². The Labute approximate surface area is 103 Å². The fourth-order valence-corrected chi connectivity index (χ4v) is 2.08. The van der Waals surface area contributed by atoms with E-state index in [2.05, 4.69) is 0 Å². The van der Waals surface area contributed by atoms with Gasteiger partial charge in [0, 0.05) is 27.2 Å². The molecule has 17 heavy (non-hydrogen) atoms. The number of amides is 2. The van der Waals surface area contributed by atoms with Crippen LogP contribution in [0, 0.1) is 5.41 Å². The fourth-order valence-electron chi connectivity index (χ4n) is 2.08. The summed E-state index contributed by atoms with van der Waals surface area (Å²) in [7, 11) is 3.39.